The zero-order valence-electron chi connectivity index (χ0n) is 18.1. The van der Waals surface area contributed by atoms with E-state index in [-0.39, 0.29) is 18.3 Å². The molecule has 1 aliphatic heterocycles. The van der Waals surface area contributed by atoms with Crippen LogP contribution in [0.5, 0.6) is 5.75 Å². The second kappa shape index (κ2) is 11.1. The summed E-state index contributed by atoms with van der Waals surface area (Å²) in [4.78, 5) is 27.2. The van der Waals surface area contributed by atoms with Crippen molar-refractivity contribution in [2.45, 2.75) is 6.54 Å². The quantitative estimate of drug-likeness (QED) is 0.500. The first kappa shape index (κ1) is 23.0. The highest BCUT2D eigenvalue weighted by atomic mass is 35.5. The molecule has 0 aliphatic carbocycles. The second-order valence-electron chi connectivity index (χ2n) is 7.79. The van der Waals surface area contributed by atoms with Gasteiger partial charge in [0.05, 0.1) is 13.2 Å². The number of ketones is 1. The molecule has 170 valence electrons. The van der Waals surface area contributed by atoms with Crippen molar-refractivity contribution in [1.82, 2.24) is 4.90 Å². The minimum Gasteiger partial charge on any atom is -0.484 e. The molecule has 0 aromatic heterocycles. The monoisotopic (exact) mass is 464 g/mol. The first-order valence-electron chi connectivity index (χ1n) is 10.8. The Morgan fingerprint density at radius 3 is 2.30 bits per heavy atom. The van der Waals surface area contributed by atoms with Crippen molar-refractivity contribution >= 4 is 29.0 Å². The van der Waals surface area contributed by atoms with Gasteiger partial charge in [-0.3, -0.25) is 14.5 Å². The third-order valence-corrected chi connectivity index (χ3v) is 5.57. The summed E-state index contributed by atoms with van der Waals surface area (Å²) < 4.78 is 11.0. The molecule has 0 radical (unpaired) electrons. The zero-order valence-corrected chi connectivity index (χ0v) is 18.9. The van der Waals surface area contributed by atoms with Gasteiger partial charge in [-0.05, 0) is 66.2 Å². The summed E-state index contributed by atoms with van der Waals surface area (Å²) in [5.74, 6) is 0.159. The van der Waals surface area contributed by atoms with Crippen LogP contribution in [0.1, 0.15) is 21.5 Å². The van der Waals surface area contributed by atoms with Crippen LogP contribution in [0.4, 0.5) is 5.69 Å². The van der Waals surface area contributed by atoms with E-state index in [9.17, 15) is 9.59 Å². The lowest BCUT2D eigenvalue weighted by Gasteiger charge is -2.26. The van der Waals surface area contributed by atoms with E-state index in [0.29, 0.717) is 21.9 Å². The third-order valence-electron chi connectivity index (χ3n) is 5.31. The topological polar surface area (TPSA) is 67.9 Å². The summed E-state index contributed by atoms with van der Waals surface area (Å²) in [6, 6.07) is 21.3. The fourth-order valence-electron chi connectivity index (χ4n) is 3.58. The number of amides is 1. The molecule has 1 N–H and O–H groups in total. The summed E-state index contributed by atoms with van der Waals surface area (Å²) in [5.41, 5.74) is 2.96. The van der Waals surface area contributed by atoms with Crippen molar-refractivity contribution < 1.29 is 19.1 Å². The lowest BCUT2D eigenvalue weighted by molar-refractivity contribution is -0.118. The largest absolute Gasteiger partial charge is 0.484 e. The second-order valence-corrected chi connectivity index (χ2v) is 8.22. The number of morpholine rings is 1. The molecule has 1 fully saturated rings. The predicted octanol–water partition coefficient (Wildman–Crippen LogP) is 4.42. The van der Waals surface area contributed by atoms with Crippen molar-refractivity contribution in [1.29, 1.82) is 0 Å². The first-order valence-corrected chi connectivity index (χ1v) is 11.2. The number of carbonyl (C=O) groups is 2. The lowest BCUT2D eigenvalue weighted by Crippen LogP contribution is -2.35. The number of rotatable bonds is 8. The summed E-state index contributed by atoms with van der Waals surface area (Å²) in [6.07, 6.45) is 0. The van der Waals surface area contributed by atoms with Crippen LogP contribution in [0.15, 0.2) is 72.8 Å². The first-order chi connectivity index (χ1) is 16.1. The number of halogens is 1. The van der Waals surface area contributed by atoms with Crippen LogP contribution in [-0.4, -0.2) is 49.5 Å². The molecule has 0 spiro atoms. The van der Waals surface area contributed by atoms with E-state index in [2.05, 4.69) is 16.3 Å². The Kier molecular flexibility index (Phi) is 7.73. The third kappa shape index (κ3) is 6.65. The summed E-state index contributed by atoms with van der Waals surface area (Å²) in [5, 5.41) is 3.45. The Hall–Kier alpha value is -3.19. The lowest BCUT2D eigenvalue weighted by atomic mass is 10.0. The van der Waals surface area contributed by atoms with Crippen molar-refractivity contribution in [2.75, 3.05) is 38.2 Å². The number of anilines is 1. The fraction of sp³-hybridized carbons (Fsp3) is 0.231. The van der Waals surface area contributed by atoms with Gasteiger partial charge in [0.25, 0.3) is 5.91 Å². The number of carbonyl (C=O) groups excluding carboxylic acids is 2. The molecule has 33 heavy (non-hydrogen) atoms. The highest BCUT2D eigenvalue weighted by molar-refractivity contribution is 6.30. The molecular formula is C26H25ClN2O4. The molecule has 1 aliphatic rings. The summed E-state index contributed by atoms with van der Waals surface area (Å²) in [7, 11) is 0. The molecule has 0 unspecified atom stereocenters. The van der Waals surface area contributed by atoms with Gasteiger partial charge in [0.2, 0.25) is 0 Å². The Morgan fingerprint density at radius 2 is 1.61 bits per heavy atom. The van der Waals surface area contributed by atoms with Crippen LogP contribution < -0.4 is 10.1 Å². The van der Waals surface area contributed by atoms with Gasteiger partial charge in [-0.25, -0.2) is 0 Å². The van der Waals surface area contributed by atoms with E-state index in [0.717, 1.165) is 44.1 Å². The molecule has 1 saturated heterocycles. The standard InChI is InChI=1S/C26H25ClN2O4/c27-22-8-4-20(5-9-22)26(31)21-6-10-24(11-7-21)33-18-25(30)28-23-3-1-2-19(16-23)17-29-12-14-32-15-13-29/h1-11,16H,12-15,17-18H2,(H,28,30). The normalized spacial score (nSPS) is 14.0. The average Bonchev–Trinajstić information content (AvgIpc) is 2.84. The Morgan fingerprint density at radius 1 is 0.939 bits per heavy atom. The minimum atomic E-state index is -0.250. The molecule has 7 heteroatoms. The number of benzene rings is 3. The van der Waals surface area contributed by atoms with Gasteiger partial charge in [0, 0.05) is 41.5 Å². The van der Waals surface area contributed by atoms with Crippen molar-refractivity contribution in [3.63, 3.8) is 0 Å². The highest BCUT2D eigenvalue weighted by Crippen LogP contribution is 2.18. The number of nitrogens with zero attached hydrogens (tertiary/aromatic N) is 1. The summed E-state index contributed by atoms with van der Waals surface area (Å²) >= 11 is 5.88. The van der Waals surface area contributed by atoms with Crippen LogP contribution in [0.3, 0.4) is 0 Å². The smallest absolute Gasteiger partial charge is 0.262 e. The molecule has 1 amide bonds. The molecule has 4 rings (SSSR count). The molecule has 0 saturated carbocycles. The van der Waals surface area contributed by atoms with E-state index in [1.165, 1.54) is 0 Å². The molecule has 3 aromatic rings. The molecule has 0 bridgehead atoms. The zero-order chi connectivity index (χ0) is 23.0. The predicted molar refractivity (Wildman–Crippen MR) is 128 cm³/mol. The van der Waals surface area contributed by atoms with E-state index in [1.807, 2.05) is 18.2 Å². The van der Waals surface area contributed by atoms with Crippen molar-refractivity contribution in [3.8, 4) is 5.75 Å². The maximum Gasteiger partial charge on any atom is 0.262 e. The molecular weight excluding hydrogens is 440 g/mol. The fourth-order valence-corrected chi connectivity index (χ4v) is 3.71. The van der Waals surface area contributed by atoms with Crippen LogP contribution >= 0.6 is 11.6 Å². The van der Waals surface area contributed by atoms with Gasteiger partial charge in [0.15, 0.2) is 12.4 Å². The van der Waals surface area contributed by atoms with Gasteiger partial charge in [-0.1, -0.05) is 23.7 Å². The maximum atomic E-state index is 12.5. The van der Waals surface area contributed by atoms with Crippen LogP contribution in [-0.2, 0) is 16.1 Å². The molecule has 0 atom stereocenters. The Labute approximate surface area is 198 Å². The van der Waals surface area contributed by atoms with Crippen molar-refractivity contribution in [3.05, 3.63) is 94.5 Å². The number of hydrogen-bond donors (Lipinski definition) is 1. The van der Waals surface area contributed by atoms with Gasteiger partial charge >= 0.3 is 0 Å². The SMILES string of the molecule is O=C(COc1ccc(C(=O)c2ccc(Cl)cc2)cc1)Nc1cccc(CN2CCOCC2)c1. The van der Waals surface area contributed by atoms with Crippen LogP contribution in [0.2, 0.25) is 5.02 Å². The van der Waals surface area contributed by atoms with E-state index in [4.69, 9.17) is 21.1 Å². The Balaban J connectivity index is 1.28. The molecule has 1 heterocycles. The van der Waals surface area contributed by atoms with Gasteiger partial charge in [-0.15, -0.1) is 0 Å². The molecule has 6 nitrogen and oxygen atoms in total. The highest BCUT2D eigenvalue weighted by Gasteiger charge is 2.12. The average molecular weight is 465 g/mol. The van der Waals surface area contributed by atoms with Crippen LogP contribution in [0, 0.1) is 0 Å². The van der Waals surface area contributed by atoms with E-state index >= 15 is 0 Å². The van der Waals surface area contributed by atoms with E-state index < -0.39 is 0 Å². The Bertz CT molecular complexity index is 1090. The maximum absolute atomic E-state index is 12.5. The van der Waals surface area contributed by atoms with Crippen molar-refractivity contribution in [2.24, 2.45) is 0 Å². The van der Waals surface area contributed by atoms with Gasteiger partial charge in [-0.2, -0.15) is 0 Å². The number of ether oxygens (including phenoxy) is 2. The van der Waals surface area contributed by atoms with Crippen LogP contribution in [0.25, 0.3) is 0 Å². The van der Waals surface area contributed by atoms with Gasteiger partial charge in [0.1, 0.15) is 5.75 Å². The van der Waals surface area contributed by atoms with Gasteiger partial charge < -0.3 is 14.8 Å². The van der Waals surface area contributed by atoms with E-state index in [1.54, 1.807) is 48.5 Å². The summed E-state index contributed by atoms with van der Waals surface area (Å²) in [6.45, 7) is 4.03. The number of hydrogen-bond acceptors (Lipinski definition) is 5. The number of nitrogens with one attached hydrogen (secondary N) is 1. The molecule has 3 aromatic carbocycles. The minimum absolute atomic E-state index is 0.104.